The fourth-order valence-corrected chi connectivity index (χ4v) is 10.8. The maximum atomic E-state index is 14.4. The maximum Gasteiger partial charge on any atom is 0.282 e. The monoisotopic (exact) mass is 782 g/mol. The smallest absolute Gasteiger partial charge is 0.282 e. The molecule has 7 rings (SSSR count). The van der Waals surface area contributed by atoms with E-state index in [2.05, 4.69) is 26.3 Å². The molecule has 16 heteroatoms. The number of anilines is 1. The van der Waals surface area contributed by atoms with Gasteiger partial charge in [-0.25, -0.2) is 14.4 Å². The molecule has 2 spiro atoms. The van der Waals surface area contributed by atoms with Gasteiger partial charge in [-0.3, -0.25) is 9.59 Å². The topological polar surface area (TPSA) is 132 Å². The molecule has 2 amide bonds. The van der Waals surface area contributed by atoms with Gasteiger partial charge in [-0.15, -0.1) is 0 Å². The molecule has 14 nitrogen and oxygen atoms in total. The highest BCUT2D eigenvalue weighted by Crippen LogP contribution is 2.45. The SMILES string of the molecule is C=CC(=O)N1CC2(C1)CN(S(=O)(=O)N1CCC(CN3CCC4(CC3)CN(c3ncncc3Oc3ccc(F)cc3C(=O)N(C(C)C)C(C)C)C4)CC1)CCO2. The Morgan fingerprint density at radius 3 is 2.35 bits per heavy atom. The summed E-state index contributed by atoms with van der Waals surface area (Å²) in [6, 6.07) is 3.86. The molecule has 1 aromatic heterocycles. The summed E-state index contributed by atoms with van der Waals surface area (Å²) in [5.74, 6) is 0.815. The third kappa shape index (κ3) is 8.11. The predicted octanol–water partition coefficient (Wildman–Crippen LogP) is 3.63. The first-order valence-electron chi connectivity index (χ1n) is 19.6. The van der Waals surface area contributed by atoms with Crippen LogP contribution < -0.4 is 9.64 Å². The van der Waals surface area contributed by atoms with Gasteiger partial charge in [0.1, 0.15) is 23.5 Å². The standard InChI is InChI=1S/C39H55FN8O6S/c1-6-35(49)44-24-39(25-44)26-47(17-18-53-39)55(51,52)46-13-9-30(10-14-46)21-43-15-11-38(12-16-43)22-45(23-38)36-34(20-41-27-42-36)54-33-8-7-31(40)19-32(33)37(50)48(28(2)3)29(4)5/h6-8,19-20,27-30H,1,9-18,21-26H2,2-5H3. The summed E-state index contributed by atoms with van der Waals surface area (Å²) >= 11 is 0. The number of hydrogen-bond donors (Lipinski definition) is 0. The lowest BCUT2D eigenvalue weighted by atomic mass is 9.72. The zero-order chi connectivity index (χ0) is 39.1. The van der Waals surface area contributed by atoms with Crippen molar-refractivity contribution in [3.63, 3.8) is 0 Å². The van der Waals surface area contributed by atoms with E-state index < -0.39 is 21.6 Å². The van der Waals surface area contributed by atoms with E-state index in [9.17, 15) is 22.4 Å². The number of halogens is 1. The molecule has 300 valence electrons. The Morgan fingerprint density at radius 2 is 1.69 bits per heavy atom. The molecule has 5 fully saturated rings. The van der Waals surface area contributed by atoms with Crippen molar-refractivity contribution < 1.29 is 31.9 Å². The van der Waals surface area contributed by atoms with E-state index in [4.69, 9.17) is 9.47 Å². The average Bonchev–Trinajstić information content (AvgIpc) is 3.14. The number of ether oxygens (including phenoxy) is 2. The number of likely N-dealkylation sites (tertiary alicyclic amines) is 2. The van der Waals surface area contributed by atoms with E-state index in [0.29, 0.717) is 56.8 Å². The molecule has 0 aliphatic carbocycles. The Balaban J connectivity index is 0.891. The highest BCUT2D eigenvalue weighted by molar-refractivity contribution is 7.86. The van der Waals surface area contributed by atoms with E-state index in [-0.39, 0.29) is 47.2 Å². The minimum atomic E-state index is -3.62. The lowest BCUT2D eigenvalue weighted by Crippen LogP contribution is -2.72. The number of piperidine rings is 2. The van der Waals surface area contributed by atoms with Crippen LogP contribution in [0.3, 0.4) is 0 Å². The van der Waals surface area contributed by atoms with Crippen molar-refractivity contribution in [3.8, 4) is 11.5 Å². The molecule has 0 atom stereocenters. The van der Waals surface area contributed by atoms with E-state index in [1.165, 1.54) is 30.6 Å². The highest BCUT2D eigenvalue weighted by atomic mass is 32.2. The van der Waals surface area contributed by atoms with Crippen LogP contribution in [0.2, 0.25) is 0 Å². The fourth-order valence-electron chi connectivity index (χ4n) is 9.12. The molecule has 0 unspecified atom stereocenters. The van der Waals surface area contributed by atoms with Gasteiger partial charge in [0.25, 0.3) is 16.1 Å². The lowest BCUT2D eigenvalue weighted by Gasteiger charge is -2.55. The third-order valence-corrected chi connectivity index (χ3v) is 14.0. The minimum Gasteiger partial charge on any atom is -0.451 e. The summed E-state index contributed by atoms with van der Waals surface area (Å²) in [4.78, 5) is 42.4. The van der Waals surface area contributed by atoms with Crippen molar-refractivity contribution in [2.75, 3.05) is 83.5 Å². The molecule has 0 radical (unpaired) electrons. The molecule has 55 heavy (non-hydrogen) atoms. The van der Waals surface area contributed by atoms with E-state index in [1.807, 2.05) is 27.7 Å². The molecule has 1 aromatic carbocycles. The summed E-state index contributed by atoms with van der Waals surface area (Å²) in [5.41, 5.74) is -0.296. The molecule has 5 saturated heterocycles. The summed E-state index contributed by atoms with van der Waals surface area (Å²) in [7, 11) is -3.62. The molecular weight excluding hydrogens is 728 g/mol. The van der Waals surface area contributed by atoms with Crippen LogP contribution in [0.15, 0.2) is 43.4 Å². The fraction of sp³-hybridized carbons (Fsp3) is 0.641. The molecule has 6 heterocycles. The number of rotatable bonds is 11. The minimum absolute atomic E-state index is 0.0770. The summed E-state index contributed by atoms with van der Waals surface area (Å²) < 4.78 is 57.2. The second kappa shape index (κ2) is 15.7. The quantitative estimate of drug-likeness (QED) is 0.312. The van der Waals surface area contributed by atoms with E-state index >= 15 is 0 Å². The van der Waals surface area contributed by atoms with Crippen LogP contribution in [0, 0.1) is 17.2 Å². The molecule has 0 bridgehead atoms. The number of nitrogens with zero attached hydrogens (tertiary/aromatic N) is 8. The number of hydrogen-bond acceptors (Lipinski definition) is 10. The van der Waals surface area contributed by atoms with Gasteiger partial charge in [0.2, 0.25) is 5.91 Å². The van der Waals surface area contributed by atoms with Crippen LogP contribution in [-0.2, 0) is 19.7 Å². The van der Waals surface area contributed by atoms with Crippen LogP contribution in [0.1, 0.15) is 63.7 Å². The number of carbonyl (C=O) groups excluding carboxylic acids is 2. The summed E-state index contributed by atoms with van der Waals surface area (Å²) in [6.45, 7) is 18.6. The number of carbonyl (C=O) groups is 2. The lowest BCUT2D eigenvalue weighted by molar-refractivity contribution is -0.180. The normalized spacial score (nSPS) is 22.2. The number of amides is 2. The zero-order valence-corrected chi connectivity index (χ0v) is 33.3. The Morgan fingerprint density at radius 1 is 1.00 bits per heavy atom. The van der Waals surface area contributed by atoms with Crippen LogP contribution in [0.25, 0.3) is 0 Å². The van der Waals surface area contributed by atoms with Gasteiger partial charge in [0, 0.05) is 63.3 Å². The first kappa shape index (κ1) is 39.5. The van der Waals surface area contributed by atoms with Crippen LogP contribution >= 0.6 is 0 Å². The second-order valence-electron chi connectivity index (χ2n) is 16.6. The summed E-state index contributed by atoms with van der Waals surface area (Å²) in [5, 5.41) is 0. The molecule has 5 aliphatic rings. The van der Waals surface area contributed by atoms with Gasteiger partial charge >= 0.3 is 0 Å². The van der Waals surface area contributed by atoms with Gasteiger partial charge in [0.05, 0.1) is 31.5 Å². The Hall–Kier alpha value is -3.70. The maximum absolute atomic E-state index is 14.4. The van der Waals surface area contributed by atoms with Gasteiger partial charge in [-0.2, -0.15) is 17.0 Å². The zero-order valence-electron chi connectivity index (χ0n) is 32.5. The number of morpholine rings is 1. The van der Waals surface area contributed by atoms with Crippen LogP contribution in [0.4, 0.5) is 10.2 Å². The predicted molar refractivity (Wildman–Crippen MR) is 206 cm³/mol. The van der Waals surface area contributed by atoms with E-state index in [0.717, 1.165) is 58.4 Å². The van der Waals surface area contributed by atoms with Crippen molar-refractivity contribution in [1.82, 2.24) is 33.3 Å². The Labute approximate surface area is 324 Å². The van der Waals surface area contributed by atoms with Crippen molar-refractivity contribution in [1.29, 1.82) is 0 Å². The highest BCUT2D eigenvalue weighted by Gasteiger charge is 2.52. The molecule has 5 aliphatic heterocycles. The van der Waals surface area contributed by atoms with Gasteiger partial charge in [-0.1, -0.05) is 6.58 Å². The first-order chi connectivity index (χ1) is 26.2. The average molecular weight is 783 g/mol. The van der Waals surface area contributed by atoms with Crippen molar-refractivity contribution in [3.05, 3.63) is 54.8 Å². The molecular formula is C39H55FN8O6S. The molecule has 2 aromatic rings. The third-order valence-electron chi connectivity index (χ3n) is 12.1. The Kier molecular flexibility index (Phi) is 11.3. The number of aromatic nitrogens is 2. The van der Waals surface area contributed by atoms with Gasteiger partial charge in [0.15, 0.2) is 11.6 Å². The van der Waals surface area contributed by atoms with Crippen molar-refractivity contribution in [2.45, 2.75) is 71.1 Å². The van der Waals surface area contributed by atoms with Crippen LogP contribution in [-0.4, -0.2) is 150 Å². The molecule has 0 N–H and O–H groups in total. The van der Waals surface area contributed by atoms with Crippen LogP contribution in [0.5, 0.6) is 11.5 Å². The Bertz CT molecular complexity index is 1840. The molecule has 0 saturated carbocycles. The first-order valence-corrected chi connectivity index (χ1v) is 21.0. The number of benzene rings is 1. The van der Waals surface area contributed by atoms with E-state index in [1.54, 1.807) is 24.6 Å². The van der Waals surface area contributed by atoms with Crippen molar-refractivity contribution >= 4 is 27.8 Å². The summed E-state index contributed by atoms with van der Waals surface area (Å²) in [6.07, 6.45) is 8.15. The largest absolute Gasteiger partial charge is 0.451 e. The second-order valence-corrected chi connectivity index (χ2v) is 18.6. The van der Waals surface area contributed by atoms with Crippen molar-refractivity contribution in [2.24, 2.45) is 11.3 Å². The van der Waals surface area contributed by atoms with Gasteiger partial charge in [-0.05, 0) is 96.7 Å². The van der Waals surface area contributed by atoms with Gasteiger partial charge < -0.3 is 29.1 Å².